The van der Waals surface area contributed by atoms with Gasteiger partial charge < -0.3 is 9.47 Å². The predicted molar refractivity (Wildman–Crippen MR) is 88.2 cm³/mol. The zero-order chi connectivity index (χ0) is 17.6. The van der Waals surface area contributed by atoms with Gasteiger partial charge in [0.05, 0.1) is 5.52 Å². The zero-order valence-corrected chi connectivity index (χ0v) is 14.2. The summed E-state index contributed by atoms with van der Waals surface area (Å²) in [7, 11) is 3.88. The molecule has 2 heterocycles. The van der Waals surface area contributed by atoms with Crippen LogP contribution in [0.2, 0.25) is 5.15 Å². The molecule has 24 heavy (non-hydrogen) atoms. The van der Waals surface area contributed by atoms with Crippen molar-refractivity contribution in [2.24, 2.45) is 0 Å². The molecule has 0 amide bonds. The number of nitrogens with zero attached hydrogens (tertiary/aromatic N) is 4. The molecule has 2 aromatic heterocycles. The summed E-state index contributed by atoms with van der Waals surface area (Å²) in [6.45, 7) is 1.44. The summed E-state index contributed by atoms with van der Waals surface area (Å²) in [6, 6.07) is 3.65. The SMILES string of the molecule is Cc1cc2c(cc1CN(C)C)c1ncnc(Cl)c1n2CC(F)(F)F. The van der Waals surface area contributed by atoms with E-state index in [0.29, 0.717) is 23.0 Å². The normalized spacial score (nSPS) is 12.7. The van der Waals surface area contributed by atoms with Crippen LogP contribution in [0.3, 0.4) is 0 Å². The summed E-state index contributed by atoms with van der Waals surface area (Å²) in [4.78, 5) is 10.0. The minimum absolute atomic E-state index is 0.0206. The van der Waals surface area contributed by atoms with E-state index in [0.717, 1.165) is 15.7 Å². The highest BCUT2D eigenvalue weighted by Gasteiger charge is 2.31. The number of alkyl halides is 3. The van der Waals surface area contributed by atoms with Crippen molar-refractivity contribution in [3.8, 4) is 0 Å². The van der Waals surface area contributed by atoms with Gasteiger partial charge >= 0.3 is 6.18 Å². The van der Waals surface area contributed by atoms with E-state index in [1.165, 1.54) is 6.33 Å². The Morgan fingerprint density at radius 1 is 1.21 bits per heavy atom. The van der Waals surface area contributed by atoms with Gasteiger partial charge in [0.2, 0.25) is 0 Å². The molecule has 8 heteroatoms. The van der Waals surface area contributed by atoms with E-state index in [9.17, 15) is 13.2 Å². The first-order chi connectivity index (χ1) is 11.2. The molecular weight excluding hydrogens is 341 g/mol. The highest BCUT2D eigenvalue weighted by molar-refractivity contribution is 6.34. The molecule has 4 nitrogen and oxygen atoms in total. The van der Waals surface area contributed by atoms with E-state index in [-0.39, 0.29) is 10.7 Å². The Bertz CT molecular complexity index is 915. The van der Waals surface area contributed by atoms with E-state index >= 15 is 0 Å². The fraction of sp³-hybridized carbons (Fsp3) is 0.375. The second-order valence-electron chi connectivity index (χ2n) is 6.10. The third kappa shape index (κ3) is 3.06. The Kier molecular flexibility index (Phi) is 4.17. The fourth-order valence-electron chi connectivity index (χ4n) is 2.92. The van der Waals surface area contributed by atoms with Crippen LogP contribution in [0.1, 0.15) is 11.1 Å². The number of hydrogen-bond acceptors (Lipinski definition) is 3. The molecule has 0 N–H and O–H groups in total. The number of aryl methyl sites for hydroxylation is 1. The molecule has 0 saturated carbocycles. The van der Waals surface area contributed by atoms with Crippen molar-refractivity contribution in [1.82, 2.24) is 19.4 Å². The van der Waals surface area contributed by atoms with Gasteiger partial charge in [-0.05, 0) is 44.3 Å². The number of rotatable bonds is 3. The minimum Gasteiger partial charge on any atom is -0.327 e. The lowest BCUT2D eigenvalue weighted by molar-refractivity contribution is -0.139. The third-order valence-corrected chi connectivity index (χ3v) is 4.15. The quantitative estimate of drug-likeness (QED) is 0.660. The van der Waals surface area contributed by atoms with Crippen LogP contribution in [-0.4, -0.2) is 39.7 Å². The van der Waals surface area contributed by atoms with Gasteiger partial charge in [0.1, 0.15) is 23.9 Å². The van der Waals surface area contributed by atoms with E-state index in [2.05, 4.69) is 9.97 Å². The summed E-state index contributed by atoms with van der Waals surface area (Å²) in [6.07, 6.45) is -3.10. The largest absolute Gasteiger partial charge is 0.406 e. The lowest BCUT2D eigenvalue weighted by Crippen LogP contribution is -2.17. The van der Waals surface area contributed by atoms with Crippen LogP contribution < -0.4 is 0 Å². The summed E-state index contributed by atoms with van der Waals surface area (Å²) >= 11 is 6.08. The molecule has 0 spiro atoms. The van der Waals surface area contributed by atoms with Gasteiger partial charge in [-0.3, -0.25) is 0 Å². The fourth-order valence-corrected chi connectivity index (χ4v) is 3.15. The van der Waals surface area contributed by atoms with Crippen molar-refractivity contribution in [3.63, 3.8) is 0 Å². The molecule has 0 fully saturated rings. The topological polar surface area (TPSA) is 34.0 Å². The Balaban J connectivity index is 2.36. The van der Waals surface area contributed by atoms with Crippen LogP contribution in [0, 0.1) is 6.92 Å². The van der Waals surface area contributed by atoms with Crippen molar-refractivity contribution in [2.75, 3.05) is 14.1 Å². The molecule has 3 aromatic rings. The van der Waals surface area contributed by atoms with Crippen LogP contribution in [0.15, 0.2) is 18.5 Å². The molecule has 0 atom stereocenters. The van der Waals surface area contributed by atoms with Crippen LogP contribution in [-0.2, 0) is 13.1 Å². The van der Waals surface area contributed by atoms with Gasteiger partial charge in [0.25, 0.3) is 0 Å². The molecule has 0 saturated heterocycles. The van der Waals surface area contributed by atoms with Crippen molar-refractivity contribution < 1.29 is 13.2 Å². The van der Waals surface area contributed by atoms with Crippen LogP contribution in [0.25, 0.3) is 21.9 Å². The van der Waals surface area contributed by atoms with Gasteiger partial charge in [0.15, 0.2) is 5.15 Å². The van der Waals surface area contributed by atoms with Gasteiger partial charge in [-0.2, -0.15) is 13.2 Å². The monoisotopic (exact) mass is 356 g/mol. The maximum Gasteiger partial charge on any atom is 0.406 e. The van der Waals surface area contributed by atoms with Gasteiger partial charge in [0, 0.05) is 11.9 Å². The summed E-state index contributed by atoms with van der Waals surface area (Å²) < 4.78 is 40.3. The average molecular weight is 357 g/mol. The molecule has 0 bridgehead atoms. The van der Waals surface area contributed by atoms with Crippen molar-refractivity contribution in [3.05, 3.63) is 34.7 Å². The van der Waals surface area contributed by atoms with Crippen molar-refractivity contribution >= 4 is 33.5 Å². The number of hydrogen-bond donors (Lipinski definition) is 0. The molecule has 0 aliphatic carbocycles. The van der Waals surface area contributed by atoms with E-state index < -0.39 is 12.7 Å². The molecular formula is C16H16ClF3N4. The minimum atomic E-state index is -4.37. The summed E-state index contributed by atoms with van der Waals surface area (Å²) in [5, 5.41) is 0.674. The lowest BCUT2D eigenvalue weighted by atomic mass is 10.1. The van der Waals surface area contributed by atoms with Crippen LogP contribution in [0.5, 0.6) is 0 Å². The first kappa shape index (κ1) is 17.0. The maximum absolute atomic E-state index is 13.0. The predicted octanol–water partition coefficient (Wildman–Crippen LogP) is 4.17. The van der Waals surface area contributed by atoms with Gasteiger partial charge in [-0.25, -0.2) is 9.97 Å². The molecule has 0 radical (unpaired) electrons. The van der Waals surface area contributed by atoms with E-state index in [1.54, 1.807) is 6.07 Å². The Morgan fingerprint density at radius 3 is 2.54 bits per heavy atom. The summed E-state index contributed by atoms with van der Waals surface area (Å²) in [5.74, 6) is 0. The Labute approximate surface area is 141 Å². The van der Waals surface area contributed by atoms with Crippen molar-refractivity contribution in [1.29, 1.82) is 0 Å². The van der Waals surface area contributed by atoms with Gasteiger partial charge in [-0.1, -0.05) is 11.6 Å². The second-order valence-corrected chi connectivity index (χ2v) is 6.45. The molecule has 1 aromatic carbocycles. The smallest absolute Gasteiger partial charge is 0.327 e. The second kappa shape index (κ2) is 5.89. The first-order valence-electron chi connectivity index (χ1n) is 7.31. The highest BCUT2D eigenvalue weighted by Crippen LogP contribution is 2.35. The standard InChI is InChI=1S/C16H16ClF3N4/c1-9-4-12-11(5-10(9)6-23(2)3)13-14(15(17)22-8-21-13)24(12)7-16(18,19)20/h4-5,8H,6-7H2,1-3H3. The lowest BCUT2D eigenvalue weighted by Gasteiger charge is -2.14. The zero-order valence-electron chi connectivity index (χ0n) is 13.4. The van der Waals surface area contributed by atoms with Crippen LogP contribution >= 0.6 is 11.6 Å². The number of fused-ring (bicyclic) bond motifs is 3. The average Bonchev–Trinajstić information content (AvgIpc) is 2.72. The molecule has 0 aliphatic heterocycles. The molecule has 0 aliphatic rings. The molecule has 3 rings (SSSR count). The highest BCUT2D eigenvalue weighted by atomic mass is 35.5. The van der Waals surface area contributed by atoms with Crippen molar-refractivity contribution in [2.45, 2.75) is 26.2 Å². The first-order valence-corrected chi connectivity index (χ1v) is 7.68. The maximum atomic E-state index is 13.0. The van der Waals surface area contributed by atoms with E-state index in [1.807, 2.05) is 32.0 Å². The number of aromatic nitrogens is 3. The Hall–Kier alpha value is -1.86. The number of halogens is 4. The Morgan fingerprint density at radius 2 is 1.92 bits per heavy atom. The molecule has 128 valence electrons. The van der Waals surface area contributed by atoms with E-state index in [4.69, 9.17) is 11.6 Å². The summed E-state index contributed by atoms with van der Waals surface area (Å²) in [5.41, 5.74) is 3.08. The third-order valence-electron chi connectivity index (χ3n) is 3.87. The van der Waals surface area contributed by atoms with Crippen LogP contribution in [0.4, 0.5) is 13.2 Å². The molecule has 0 unspecified atom stereocenters. The number of benzene rings is 1. The van der Waals surface area contributed by atoms with Gasteiger partial charge in [-0.15, -0.1) is 0 Å².